The molecule has 1 aromatic heterocycles. The number of furan rings is 1. The fourth-order valence-corrected chi connectivity index (χ4v) is 3.40. The minimum absolute atomic E-state index is 0.240. The summed E-state index contributed by atoms with van der Waals surface area (Å²) in [4.78, 5) is 38.0. The minimum atomic E-state index is -0.496. The van der Waals surface area contributed by atoms with Crippen LogP contribution >= 0.6 is 11.8 Å². The van der Waals surface area contributed by atoms with Gasteiger partial charge in [0, 0.05) is 11.8 Å². The second-order valence-electron chi connectivity index (χ2n) is 6.08. The highest BCUT2D eigenvalue weighted by Crippen LogP contribution is 2.32. The van der Waals surface area contributed by atoms with Crippen molar-refractivity contribution < 1.29 is 18.8 Å². The fourth-order valence-electron chi connectivity index (χ4n) is 2.58. The summed E-state index contributed by atoms with van der Waals surface area (Å²) >= 11 is 0.798. The number of amides is 3. The Morgan fingerprint density at radius 3 is 2.62 bits per heavy atom. The van der Waals surface area contributed by atoms with Crippen LogP contribution in [0.25, 0.3) is 6.08 Å². The molecule has 3 rings (SSSR count). The molecule has 2 heterocycles. The van der Waals surface area contributed by atoms with Crippen LogP contribution in [-0.2, 0) is 9.59 Å². The lowest BCUT2D eigenvalue weighted by Gasteiger charge is -2.13. The van der Waals surface area contributed by atoms with Crippen LogP contribution in [0.2, 0.25) is 0 Å². The first-order valence-electron chi connectivity index (χ1n) is 8.02. The van der Waals surface area contributed by atoms with Gasteiger partial charge >= 0.3 is 0 Å². The largest absolute Gasteiger partial charge is 0.462 e. The highest BCUT2D eigenvalue weighted by atomic mass is 32.2. The molecule has 0 bridgehead atoms. The number of imide groups is 1. The molecule has 1 aliphatic heterocycles. The Morgan fingerprint density at radius 1 is 1.19 bits per heavy atom. The van der Waals surface area contributed by atoms with Crippen molar-refractivity contribution in [2.24, 2.45) is 0 Å². The summed E-state index contributed by atoms with van der Waals surface area (Å²) < 4.78 is 5.40. The predicted octanol–water partition coefficient (Wildman–Crippen LogP) is 3.88. The first-order valence-corrected chi connectivity index (χ1v) is 8.84. The zero-order chi connectivity index (χ0) is 18.8. The van der Waals surface area contributed by atoms with Gasteiger partial charge in [-0.2, -0.15) is 0 Å². The topological polar surface area (TPSA) is 79.6 Å². The number of thioether (sulfide) groups is 1. The molecule has 0 unspecified atom stereocenters. The molecule has 0 atom stereocenters. The van der Waals surface area contributed by atoms with E-state index < -0.39 is 17.1 Å². The molecule has 26 heavy (non-hydrogen) atoms. The number of carbonyl (C=O) groups is 3. The molecule has 6 nitrogen and oxygen atoms in total. The van der Waals surface area contributed by atoms with Crippen molar-refractivity contribution >= 4 is 40.6 Å². The van der Waals surface area contributed by atoms with E-state index in [1.807, 2.05) is 26.0 Å². The molecule has 2 aromatic rings. The van der Waals surface area contributed by atoms with Gasteiger partial charge in [-0.3, -0.25) is 19.3 Å². The number of benzene rings is 1. The molecule has 0 radical (unpaired) electrons. The van der Waals surface area contributed by atoms with E-state index in [4.69, 9.17) is 4.42 Å². The Bertz CT molecular complexity index is 929. The summed E-state index contributed by atoms with van der Waals surface area (Å²) in [6, 6.07) is 9.12. The Hall–Kier alpha value is -2.80. The van der Waals surface area contributed by atoms with Crippen LogP contribution in [0.5, 0.6) is 0 Å². The van der Waals surface area contributed by atoms with E-state index in [2.05, 4.69) is 5.32 Å². The maximum atomic E-state index is 12.4. The molecule has 0 saturated carbocycles. The van der Waals surface area contributed by atoms with Crippen LogP contribution in [-0.4, -0.2) is 28.5 Å². The maximum Gasteiger partial charge on any atom is 0.294 e. The zero-order valence-corrected chi connectivity index (χ0v) is 15.5. The highest BCUT2D eigenvalue weighted by Gasteiger charge is 2.36. The van der Waals surface area contributed by atoms with Crippen molar-refractivity contribution in [1.82, 2.24) is 4.90 Å². The molecule has 1 aromatic carbocycles. The molecule has 1 aliphatic rings. The predicted molar refractivity (Wildman–Crippen MR) is 101 cm³/mol. The van der Waals surface area contributed by atoms with Crippen LogP contribution in [0, 0.1) is 20.8 Å². The molecule has 1 saturated heterocycles. The van der Waals surface area contributed by atoms with E-state index >= 15 is 0 Å². The van der Waals surface area contributed by atoms with Crippen molar-refractivity contribution in [2.75, 3.05) is 11.9 Å². The van der Waals surface area contributed by atoms with Gasteiger partial charge in [0.2, 0.25) is 5.91 Å². The summed E-state index contributed by atoms with van der Waals surface area (Å²) in [6.07, 6.45) is 1.51. The zero-order valence-electron chi connectivity index (χ0n) is 14.7. The lowest BCUT2D eigenvalue weighted by atomic mass is 10.1. The second-order valence-corrected chi connectivity index (χ2v) is 7.08. The molecular weight excluding hydrogens is 352 g/mol. The normalized spacial score (nSPS) is 15.8. The van der Waals surface area contributed by atoms with Gasteiger partial charge < -0.3 is 9.73 Å². The number of carbonyl (C=O) groups excluding carboxylic acids is 3. The smallest absolute Gasteiger partial charge is 0.294 e. The lowest BCUT2D eigenvalue weighted by Crippen LogP contribution is -2.36. The molecule has 0 spiro atoms. The van der Waals surface area contributed by atoms with Gasteiger partial charge in [-0.15, -0.1) is 0 Å². The van der Waals surface area contributed by atoms with Crippen LogP contribution in [0.3, 0.4) is 0 Å². The van der Waals surface area contributed by atoms with E-state index in [1.54, 1.807) is 25.1 Å². The molecule has 1 N–H and O–H groups in total. The SMILES string of the molecule is Cc1ccc(NC(=O)CN2C(=O)S/C(=C/c3ccc(C)o3)C2=O)c(C)c1. The number of hydrogen-bond acceptors (Lipinski definition) is 5. The molecule has 0 aliphatic carbocycles. The number of rotatable bonds is 4. The monoisotopic (exact) mass is 370 g/mol. The number of aryl methyl sites for hydroxylation is 3. The van der Waals surface area contributed by atoms with Crippen molar-refractivity contribution in [3.8, 4) is 0 Å². The molecule has 134 valence electrons. The number of anilines is 1. The third kappa shape index (κ3) is 3.88. The van der Waals surface area contributed by atoms with Crippen LogP contribution in [0.15, 0.2) is 39.7 Å². The average Bonchev–Trinajstić information content (AvgIpc) is 3.09. The third-order valence-electron chi connectivity index (χ3n) is 3.87. The average molecular weight is 370 g/mol. The van der Waals surface area contributed by atoms with Gasteiger partial charge in [0.25, 0.3) is 11.1 Å². The van der Waals surface area contributed by atoms with E-state index in [0.717, 1.165) is 27.8 Å². The quantitative estimate of drug-likeness (QED) is 0.826. The van der Waals surface area contributed by atoms with Crippen LogP contribution < -0.4 is 5.32 Å². The highest BCUT2D eigenvalue weighted by molar-refractivity contribution is 8.18. The van der Waals surface area contributed by atoms with E-state index in [0.29, 0.717) is 17.2 Å². The van der Waals surface area contributed by atoms with Gasteiger partial charge in [0.05, 0.1) is 4.91 Å². The Balaban J connectivity index is 1.69. The Kier molecular flexibility index (Phi) is 4.99. The fraction of sp³-hybridized carbons (Fsp3) is 0.211. The summed E-state index contributed by atoms with van der Waals surface area (Å²) in [5.41, 5.74) is 2.67. The van der Waals surface area contributed by atoms with Gasteiger partial charge in [-0.1, -0.05) is 17.7 Å². The summed E-state index contributed by atoms with van der Waals surface area (Å²) in [5.74, 6) is 0.287. The number of hydrogen-bond donors (Lipinski definition) is 1. The number of nitrogens with zero attached hydrogens (tertiary/aromatic N) is 1. The lowest BCUT2D eigenvalue weighted by molar-refractivity contribution is -0.127. The van der Waals surface area contributed by atoms with Crippen molar-refractivity contribution in [2.45, 2.75) is 20.8 Å². The molecular formula is C19H18N2O4S. The van der Waals surface area contributed by atoms with Crippen molar-refractivity contribution in [1.29, 1.82) is 0 Å². The van der Waals surface area contributed by atoms with Gasteiger partial charge in [0.1, 0.15) is 18.1 Å². The minimum Gasteiger partial charge on any atom is -0.462 e. The maximum absolute atomic E-state index is 12.4. The third-order valence-corrected chi connectivity index (χ3v) is 4.77. The van der Waals surface area contributed by atoms with E-state index in [-0.39, 0.29) is 11.4 Å². The van der Waals surface area contributed by atoms with Crippen molar-refractivity contribution in [3.05, 3.63) is 57.9 Å². The van der Waals surface area contributed by atoms with Crippen molar-refractivity contribution in [3.63, 3.8) is 0 Å². The molecule has 3 amide bonds. The van der Waals surface area contributed by atoms with Crippen LogP contribution in [0.4, 0.5) is 10.5 Å². The molecule has 1 fully saturated rings. The van der Waals surface area contributed by atoms with Gasteiger partial charge in [0.15, 0.2) is 0 Å². The summed E-state index contributed by atoms with van der Waals surface area (Å²) in [5, 5.41) is 2.27. The van der Waals surface area contributed by atoms with Crippen LogP contribution in [0.1, 0.15) is 22.6 Å². The Labute approximate surface area is 155 Å². The summed E-state index contributed by atoms with van der Waals surface area (Å²) in [7, 11) is 0. The van der Waals surface area contributed by atoms with Gasteiger partial charge in [-0.05, 0) is 56.3 Å². The standard InChI is InChI=1S/C19H18N2O4S/c1-11-4-7-15(12(2)8-11)20-17(22)10-21-18(23)16(26-19(21)24)9-14-6-5-13(3)25-14/h4-9H,10H2,1-3H3,(H,20,22)/b16-9+. The first-order chi connectivity index (χ1) is 12.3. The molecule has 7 heteroatoms. The van der Waals surface area contributed by atoms with Gasteiger partial charge in [-0.25, -0.2) is 0 Å². The Morgan fingerprint density at radius 2 is 1.96 bits per heavy atom. The second kappa shape index (κ2) is 7.21. The van der Waals surface area contributed by atoms with E-state index in [9.17, 15) is 14.4 Å². The van der Waals surface area contributed by atoms with E-state index in [1.165, 1.54) is 6.08 Å². The summed E-state index contributed by atoms with van der Waals surface area (Å²) in [6.45, 7) is 5.32. The number of nitrogens with one attached hydrogen (secondary N) is 1. The first kappa shape index (κ1) is 18.0.